The molecule has 2 N–H and O–H groups in total. The van der Waals surface area contributed by atoms with Gasteiger partial charge in [-0.1, -0.05) is 28.1 Å². The molecule has 2 rings (SSSR count). The first-order chi connectivity index (χ1) is 9.10. The van der Waals surface area contributed by atoms with Crippen molar-refractivity contribution in [1.82, 2.24) is 9.97 Å². The normalized spacial score (nSPS) is 12.2. The Balaban J connectivity index is 2.17. The number of ether oxygens (including phenoxy) is 1. The maximum absolute atomic E-state index is 6.24. The van der Waals surface area contributed by atoms with Crippen molar-refractivity contribution in [2.75, 3.05) is 7.11 Å². The number of halogens is 1. The molecule has 0 bridgehead atoms. The molecule has 19 heavy (non-hydrogen) atoms. The number of hydrogen-bond acceptors (Lipinski definition) is 4. The van der Waals surface area contributed by atoms with Gasteiger partial charge in [-0.05, 0) is 24.1 Å². The van der Waals surface area contributed by atoms with E-state index in [0.29, 0.717) is 12.3 Å². The molecule has 0 aliphatic heterocycles. The quantitative estimate of drug-likeness (QED) is 0.940. The second-order valence-corrected chi connectivity index (χ2v) is 5.24. The summed E-state index contributed by atoms with van der Waals surface area (Å²) in [6.07, 6.45) is 2.13. The summed E-state index contributed by atoms with van der Waals surface area (Å²) in [7, 11) is 1.59. The van der Waals surface area contributed by atoms with Crippen LogP contribution in [0.5, 0.6) is 5.88 Å². The van der Waals surface area contributed by atoms with Crippen molar-refractivity contribution in [1.29, 1.82) is 0 Å². The minimum Gasteiger partial charge on any atom is -0.481 e. The van der Waals surface area contributed by atoms with Gasteiger partial charge >= 0.3 is 0 Å². The second kappa shape index (κ2) is 6.12. The first-order valence-electron chi connectivity index (χ1n) is 5.96. The van der Waals surface area contributed by atoms with Gasteiger partial charge in [-0.3, -0.25) is 0 Å². The molecular formula is C14H16BrN3O. The van der Waals surface area contributed by atoms with Gasteiger partial charge in [0.2, 0.25) is 5.88 Å². The minimum atomic E-state index is -0.116. The zero-order valence-corrected chi connectivity index (χ0v) is 12.5. The predicted molar refractivity (Wildman–Crippen MR) is 78.1 cm³/mol. The van der Waals surface area contributed by atoms with Crippen LogP contribution in [0.25, 0.3) is 0 Å². The molecule has 0 spiro atoms. The molecule has 100 valence electrons. The number of methoxy groups -OCH3 is 1. The minimum absolute atomic E-state index is 0.116. The Morgan fingerprint density at radius 2 is 2.11 bits per heavy atom. The first-order valence-corrected chi connectivity index (χ1v) is 6.76. The van der Waals surface area contributed by atoms with Crippen LogP contribution < -0.4 is 10.5 Å². The molecule has 0 saturated carbocycles. The lowest BCUT2D eigenvalue weighted by Gasteiger charge is -2.14. The average molecular weight is 322 g/mol. The van der Waals surface area contributed by atoms with E-state index in [-0.39, 0.29) is 6.04 Å². The van der Waals surface area contributed by atoms with Gasteiger partial charge < -0.3 is 10.5 Å². The second-order valence-electron chi connectivity index (χ2n) is 4.39. The van der Waals surface area contributed by atoms with E-state index in [0.717, 1.165) is 15.7 Å². The third-order valence-corrected chi connectivity index (χ3v) is 3.58. The maximum atomic E-state index is 6.24. The van der Waals surface area contributed by atoms with Gasteiger partial charge in [0.1, 0.15) is 6.33 Å². The molecule has 1 aromatic carbocycles. The van der Waals surface area contributed by atoms with Crippen LogP contribution in [0.15, 0.2) is 35.1 Å². The van der Waals surface area contributed by atoms with Crippen LogP contribution in [-0.2, 0) is 6.42 Å². The van der Waals surface area contributed by atoms with Crippen LogP contribution >= 0.6 is 15.9 Å². The Morgan fingerprint density at radius 3 is 2.79 bits per heavy atom. The van der Waals surface area contributed by atoms with Crippen molar-refractivity contribution in [2.45, 2.75) is 19.4 Å². The van der Waals surface area contributed by atoms with Crippen LogP contribution in [0.4, 0.5) is 0 Å². The lowest BCUT2D eigenvalue weighted by atomic mass is 10.0. The van der Waals surface area contributed by atoms with E-state index in [4.69, 9.17) is 10.5 Å². The molecule has 0 aliphatic rings. The fraction of sp³-hybridized carbons (Fsp3) is 0.286. The Kier molecular flexibility index (Phi) is 4.50. The standard InChI is InChI=1S/C14H16BrN3O/c1-9-3-4-11(12(15)5-9)13(16)6-10-7-14(19-2)18-8-17-10/h3-5,7-8,13H,6,16H2,1-2H3. The summed E-state index contributed by atoms with van der Waals surface area (Å²) in [5.41, 5.74) is 9.38. The van der Waals surface area contributed by atoms with Crippen LogP contribution in [-0.4, -0.2) is 17.1 Å². The smallest absolute Gasteiger partial charge is 0.216 e. The number of rotatable bonds is 4. The summed E-state index contributed by atoms with van der Waals surface area (Å²) in [6.45, 7) is 2.05. The summed E-state index contributed by atoms with van der Waals surface area (Å²) in [5, 5.41) is 0. The van der Waals surface area contributed by atoms with Gasteiger partial charge in [-0.15, -0.1) is 0 Å². The fourth-order valence-electron chi connectivity index (χ4n) is 1.87. The van der Waals surface area contributed by atoms with E-state index in [1.807, 2.05) is 12.1 Å². The molecule has 5 heteroatoms. The first kappa shape index (κ1) is 14.0. The van der Waals surface area contributed by atoms with E-state index in [1.165, 1.54) is 11.9 Å². The third-order valence-electron chi connectivity index (χ3n) is 2.89. The van der Waals surface area contributed by atoms with E-state index >= 15 is 0 Å². The molecule has 1 atom stereocenters. The van der Waals surface area contributed by atoms with Crippen LogP contribution in [0.2, 0.25) is 0 Å². The number of nitrogens with zero attached hydrogens (tertiary/aromatic N) is 2. The highest BCUT2D eigenvalue weighted by molar-refractivity contribution is 9.10. The molecule has 1 aromatic heterocycles. The SMILES string of the molecule is COc1cc(CC(N)c2ccc(C)cc2Br)ncn1. The van der Waals surface area contributed by atoms with Gasteiger partial charge in [0.15, 0.2) is 0 Å². The zero-order valence-electron chi connectivity index (χ0n) is 10.9. The highest BCUT2D eigenvalue weighted by Gasteiger charge is 2.12. The number of aromatic nitrogens is 2. The van der Waals surface area contributed by atoms with Gasteiger partial charge in [0.25, 0.3) is 0 Å². The van der Waals surface area contributed by atoms with Crippen molar-refractivity contribution in [3.63, 3.8) is 0 Å². The van der Waals surface area contributed by atoms with Crippen molar-refractivity contribution in [3.05, 3.63) is 51.9 Å². The monoisotopic (exact) mass is 321 g/mol. The number of hydrogen-bond donors (Lipinski definition) is 1. The molecule has 0 saturated heterocycles. The average Bonchev–Trinajstić information content (AvgIpc) is 2.38. The summed E-state index contributed by atoms with van der Waals surface area (Å²) in [6, 6.07) is 7.86. The molecule has 0 fully saturated rings. The number of benzene rings is 1. The Bertz CT molecular complexity index is 574. The highest BCUT2D eigenvalue weighted by atomic mass is 79.9. The van der Waals surface area contributed by atoms with Gasteiger partial charge in [-0.2, -0.15) is 0 Å². The highest BCUT2D eigenvalue weighted by Crippen LogP contribution is 2.25. The van der Waals surface area contributed by atoms with Crippen LogP contribution in [0.3, 0.4) is 0 Å². The Labute approximate surface area is 121 Å². The van der Waals surface area contributed by atoms with Crippen molar-refractivity contribution in [2.24, 2.45) is 5.73 Å². The predicted octanol–water partition coefficient (Wildman–Crippen LogP) is 2.80. The maximum Gasteiger partial charge on any atom is 0.216 e. The molecule has 0 aliphatic carbocycles. The summed E-state index contributed by atoms with van der Waals surface area (Å²) >= 11 is 3.55. The van der Waals surface area contributed by atoms with Gasteiger partial charge in [0.05, 0.1) is 7.11 Å². The lowest BCUT2D eigenvalue weighted by Crippen LogP contribution is -2.15. The lowest BCUT2D eigenvalue weighted by molar-refractivity contribution is 0.395. The van der Waals surface area contributed by atoms with E-state index in [1.54, 1.807) is 7.11 Å². The molecule has 2 aromatic rings. The summed E-state index contributed by atoms with van der Waals surface area (Å²) < 4.78 is 6.11. The fourth-order valence-corrected chi connectivity index (χ4v) is 2.66. The molecular weight excluding hydrogens is 306 g/mol. The molecule has 4 nitrogen and oxygen atoms in total. The topological polar surface area (TPSA) is 61.0 Å². The molecule has 0 amide bonds. The Hall–Kier alpha value is -1.46. The zero-order chi connectivity index (χ0) is 13.8. The van der Waals surface area contributed by atoms with E-state index < -0.39 is 0 Å². The van der Waals surface area contributed by atoms with E-state index in [9.17, 15) is 0 Å². The van der Waals surface area contributed by atoms with E-state index in [2.05, 4.69) is 45.0 Å². The van der Waals surface area contributed by atoms with Crippen LogP contribution in [0.1, 0.15) is 22.9 Å². The van der Waals surface area contributed by atoms with Gasteiger partial charge in [0, 0.05) is 28.7 Å². The number of aryl methyl sites for hydroxylation is 1. The molecule has 1 unspecified atom stereocenters. The molecule has 0 radical (unpaired) electrons. The largest absolute Gasteiger partial charge is 0.481 e. The van der Waals surface area contributed by atoms with Gasteiger partial charge in [-0.25, -0.2) is 9.97 Å². The summed E-state index contributed by atoms with van der Waals surface area (Å²) in [5.74, 6) is 0.556. The Morgan fingerprint density at radius 1 is 1.32 bits per heavy atom. The third kappa shape index (κ3) is 3.52. The van der Waals surface area contributed by atoms with Crippen molar-refractivity contribution >= 4 is 15.9 Å². The van der Waals surface area contributed by atoms with Crippen molar-refractivity contribution in [3.8, 4) is 5.88 Å². The number of nitrogens with two attached hydrogens (primary N) is 1. The molecule has 1 heterocycles. The van der Waals surface area contributed by atoms with Crippen molar-refractivity contribution < 1.29 is 4.74 Å². The summed E-state index contributed by atoms with van der Waals surface area (Å²) in [4.78, 5) is 8.20. The van der Waals surface area contributed by atoms with Crippen LogP contribution in [0, 0.1) is 6.92 Å².